The zero-order valence-corrected chi connectivity index (χ0v) is 17.9. The number of hydrogen-bond donors (Lipinski definition) is 0. The Morgan fingerprint density at radius 3 is 2.13 bits per heavy atom. The molecule has 0 atom stereocenters. The Kier molecular flexibility index (Phi) is 8.19. The lowest BCUT2D eigenvalue weighted by molar-refractivity contribution is -0.0790. The third-order valence-corrected chi connectivity index (χ3v) is 7.07. The van der Waals surface area contributed by atoms with Gasteiger partial charge in [-0.3, -0.25) is 0 Å². The van der Waals surface area contributed by atoms with Crippen LogP contribution in [0.5, 0.6) is 0 Å². The molecule has 0 bridgehead atoms. The standard InChI is InChI=1S/C26H34F4/c1-2-3-4-5-19-6-8-20(9-7-19)21-10-12-22(13-11-21)24-15-14-23(25(27)18-24)16-17-26(28,29)30/h4-5,14-22H,2-3,6-13H2,1H3. The molecule has 0 aliphatic heterocycles. The molecule has 2 saturated carbocycles. The summed E-state index contributed by atoms with van der Waals surface area (Å²) >= 11 is 0. The van der Waals surface area contributed by atoms with Crippen LogP contribution in [-0.2, 0) is 0 Å². The fourth-order valence-electron chi connectivity index (χ4n) is 5.30. The van der Waals surface area contributed by atoms with Crippen LogP contribution in [-0.4, -0.2) is 6.18 Å². The summed E-state index contributed by atoms with van der Waals surface area (Å²) in [6.07, 6.45) is 13.4. The molecule has 1 aromatic carbocycles. The van der Waals surface area contributed by atoms with E-state index in [0.29, 0.717) is 5.92 Å². The van der Waals surface area contributed by atoms with Crippen LogP contribution < -0.4 is 0 Å². The van der Waals surface area contributed by atoms with Crippen LogP contribution in [0.2, 0.25) is 0 Å². The lowest BCUT2D eigenvalue weighted by Crippen LogP contribution is -2.25. The highest BCUT2D eigenvalue weighted by molar-refractivity contribution is 5.51. The Bertz CT molecular complexity index is 715. The van der Waals surface area contributed by atoms with Crippen molar-refractivity contribution < 1.29 is 17.6 Å². The lowest BCUT2D eigenvalue weighted by atomic mass is 9.68. The largest absolute Gasteiger partial charge is 0.409 e. The molecular formula is C26H34F4. The topological polar surface area (TPSA) is 0 Å². The Hall–Kier alpha value is -1.58. The molecular weight excluding hydrogens is 388 g/mol. The van der Waals surface area contributed by atoms with E-state index in [0.717, 1.165) is 42.2 Å². The summed E-state index contributed by atoms with van der Waals surface area (Å²) in [5.41, 5.74) is 0.925. The normalized spacial score (nSPS) is 28.4. The molecule has 2 fully saturated rings. The van der Waals surface area contributed by atoms with Crippen molar-refractivity contribution in [2.24, 2.45) is 17.8 Å². The summed E-state index contributed by atoms with van der Waals surface area (Å²) in [5.74, 6) is 2.13. The molecule has 2 aliphatic rings. The van der Waals surface area contributed by atoms with Gasteiger partial charge in [0.1, 0.15) is 5.82 Å². The first-order chi connectivity index (χ1) is 14.4. The van der Waals surface area contributed by atoms with E-state index in [1.54, 1.807) is 6.07 Å². The third kappa shape index (κ3) is 6.72. The van der Waals surface area contributed by atoms with Crippen LogP contribution >= 0.6 is 0 Å². The molecule has 4 heteroatoms. The number of unbranched alkanes of at least 4 members (excludes halogenated alkanes) is 1. The molecule has 0 heterocycles. The molecule has 30 heavy (non-hydrogen) atoms. The highest BCUT2D eigenvalue weighted by Gasteiger charge is 2.31. The number of benzene rings is 1. The van der Waals surface area contributed by atoms with E-state index in [1.165, 1.54) is 63.5 Å². The van der Waals surface area contributed by atoms with Gasteiger partial charge in [-0.15, -0.1) is 0 Å². The van der Waals surface area contributed by atoms with Crippen molar-refractivity contribution in [2.75, 3.05) is 0 Å². The zero-order valence-electron chi connectivity index (χ0n) is 17.9. The van der Waals surface area contributed by atoms with Gasteiger partial charge in [-0.1, -0.05) is 37.6 Å². The van der Waals surface area contributed by atoms with Crippen LogP contribution in [0.25, 0.3) is 6.08 Å². The van der Waals surface area contributed by atoms with Gasteiger partial charge in [0, 0.05) is 11.6 Å². The van der Waals surface area contributed by atoms with E-state index >= 15 is 0 Å². The first-order valence-electron chi connectivity index (χ1n) is 11.6. The van der Waals surface area contributed by atoms with E-state index in [2.05, 4.69) is 19.1 Å². The van der Waals surface area contributed by atoms with Crippen molar-refractivity contribution in [3.05, 3.63) is 53.4 Å². The summed E-state index contributed by atoms with van der Waals surface area (Å²) in [6.45, 7) is 2.21. The minimum atomic E-state index is -4.42. The second-order valence-corrected chi connectivity index (χ2v) is 9.16. The van der Waals surface area contributed by atoms with Gasteiger partial charge in [0.05, 0.1) is 0 Å². The highest BCUT2D eigenvalue weighted by atomic mass is 19.4. The van der Waals surface area contributed by atoms with E-state index in [4.69, 9.17) is 0 Å². The summed E-state index contributed by atoms with van der Waals surface area (Å²) in [6, 6.07) is 4.72. The SMILES string of the molecule is CCCC=CC1CCC(C2CCC(c3ccc(C=CC(F)(F)F)c(F)c3)CC2)CC1. The molecule has 1 aromatic rings. The number of alkyl halides is 3. The molecule has 3 rings (SSSR count). The van der Waals surface area contributed by atoms with Crippen LogP contribution in [0.1, 0.15) is 88.2 Å². The predicted molar refractivity (Wildman–Crippen MR) is 116 cm³/mol. The maximum absolute atomic E-state index is 14.3. The van der Waals surface area contributed by atoms with E-state index < -0.39 is 12.0 Å². The summed E-state index contributed by atoms with van der Waals surface area (Å²) < 4.78 is 51.2. The van der Waals surface area contributed by atoms with Crippen LogP contribution in [0.15, 0.2) is 36.4 Å². The number of rotatable bonds is 6. The summed E-state index contributed by atoms with van der Waals surface area (Å²) in [7, 11) is 0. The lowest BCUT2D eigenvalue weighted by Gasteiger charge is -2.37. The molecule has 0 saturated heterocycles. The average Bonchev–Trinajstić information content (AvgIpc) is 2.73. The summed E-state index contributed by atoms with van der Waals surface area (Å²) in [4.78, 5) is 0. The minimum absolute atomic E-state index is 0.00509. The zero-order chi connectivity index (χ0) is 21.6. The van der Waals surface area contributed by atoms with Crippen molar-refractivity contribution in [1.29, 1.82) is 0 Å². The van der Waals surface area contributed by atoms with Gasteiger partial charge in [0.2, 0.25) is 0 Å². The molecule has 0 spiro atoms. The molecule has 0 aromatic heterocycles. The summed E-state index contributed by atoms with van der Waals surface area (Å²) in [5, 5.41) is 0. The smallest absolute Gasteiger partial charge is 0.206 e. The van der Waals surface area contributed by atoms with Crippen molar-refractivity contribution in [1.82, 2.24) is 0 Å². The van der Waals surface area contributed by atoms with Crippen molar-refractivity contribution in [3.63, 3.8) is 0 Å². The van der Waals surface area contributed by atoms with Gasteiger partial charge < -0.3 is 0 Å². The average molecular weight is 423 g/mol. The fraction of sp³-hybridized carbons (Fsp3) is 0.615. The van der Waals surface area contributed by atoms with Crippen LogP contribution in [0.4, 0.5) is 17.6 Å². The molecule has 0 N–H and O–H groups in total. The van der Waals surface area contributed by atoms with Gasteiger partial charge in [-0.05, 0) is 99.2 Å². The van der Waals surface area contributed by atoms with Gasteiger partial charge in [-0.2, -0.15) is 13.2 Å². The Morgan fingerprint density at radius 1 is 0.933 bits per heavy atom. The van der Waals surface area contributed by atoms with Crippen LogP contribution in [0, 0.1) is 23.6 Å². The Morgan fingerprint density at radius 2 is 1.57 bits per heavy atom. The molecule has 0 nitrogen and oxygen atoms in total. The second-order valence-electron chi connectivity index (χ2n) is 9.16. The highest BCUT2D eigenvalue weighted by Crippen LogP contribution is 2.44. The second kappa shape index (κ2) is 10.6. The molecule has 0 radical (unpaired) electrons. The number of hydrogen-bond acceptors (Lipinski definition) is 0. The van der Waals surface area contributed by atoms with E-state index in [1.807, 2.05) is 0 Å². The van der Waals surface area contributed by atoms with Crippen LogP contribution in [0.3, 0.4) is 0 Å². The van der Waals surface area contributed by atoms with Crippen molar-refractivity contribution >= 4 is 6.08 Å². The van der Waals surface area contributed by atoms with E-state index in [-0.39, 0.29) is 11.6 Å². The van der Waals surface area contributed by atoms with E-state index in [9.17, 15) is 17.6 Å². The number of allylic oxidation sites excluding steroid dienone is 3. The van der Waals surface area contributed by atoms with Crippen molar-refractivity contribution in [2.45, 2.75) is 83.2 Å². The van der Waals surface area contributed by atoms with Gasteiger partial charge in [-0.25, -0.2) is 4.39 Å². The van der Waals surface area contributed by atoms with Gasteiger partial charge >= 0.3 is 6.18 Å². The molecule has 0 amide bonds. The number of halogens is 4. The minimum Gasteiger partial charge on any atom is -0.206 e. The van der Waals surface area contributed by atoms with Gasteiger partial charge in [0.25, 0.3) is 0 Å². The Balaban J connectivity index is 1.49. The molecule has 166 valence electrons. The first-order valence-corrected chi connectivity index (χ1v) is 11.6. The Labute approximate surface area is 178 Å². The fourth-order valence-corrected chi connectivity index (χ4v) is 5.30. The van der Waals surface area contributed by atoms with Crippen molar-refractivity contribution in [3.8, 4) is 0 Å². The maximum Gasteiger partial charge on any atom is 0.409 e. The first kappa shape index (κ1) is 23.1. The quantitative estimate of drug-likeness (QED) is 0.317. The predicted octanol–water partition coefficient (Wildman–Crippen LogP) is 8.84. The monoisotopic (exact) mass is 422 g/mol. The maximum atomic E-state index is 14.3. The van der Waals surface area contributed by atoms with Gasteiger partial charge in [0.15, 0.2) is 0 Å². The molecule has 2 aliphatic carbocycles. The molecule has 0 unspecified atom stereocenters. The third-order valence-electron chi connectivity index (χ3n) is 7.07.